The lowest BCUT2D eigenvalue weighted by Crippen LogP contribution is -2.25. The largest absolute Gasteiger partial charge is 0.493 e. The number of hydrogen-bond donors (Lipinski definition) is 1. The Morgan fingerprint density at radius 3 is 2.73 bits per heavy atom. The van der Waals surface area contributed by atoms with Gasteiger partial charge in [0.05, 0.1) is 18.3 Å². The highest BCUT2D eigenvalue weighted by atomic mass is 32.1. The Bertz CT molecular complexity index is 836. The van der Waals surface area contributed by atoms with Gasteiger partial charge in [0.2, 0.25) is 0 Å². The standard InChI is InChI=1S/C20H20N2O3S/c1-24-19-11-16(7-8-18(19)25-12-17-13-26-14-22-17)20(23)21-10-9-15-5-3-2-4-6-15/h2-8,11,13-14H,9-10,12H2,1H3,(H,21,23). The maximum absolute atomic E-state index is 12.3. The molecular weight excluding hydrogens is 348 g/mol. The van der Waals surface area contributed by atoms with E-state index in [9.17, 15) is 4.79 Å². The van der Waals surface area contributed by atoms with Crippen molar-refractivity contribution in [2.75, 3.05) is 13.7 Å². The third-order valence-corrected chi connectivity index (χ3v) is 4.46. The molecule has 1 aromatic heterocycles. The van der Waals surface area contributed by atoms with E-state index in [-0.39, 0.29) is 5.91 Å². The van der Waals surface area contributed by atoms with E-state index < -0.39 is 0 Å². The number of aromatic nitrogens is 1. The monoisotopic (exact) mass is 368 g/mol. The Morgan fingerprint density at radius 2 is 2.00 bits per heavy atom. The zero-order chi connectivity index (χ0) is 18.2. The molecule has 6 heteroatoms. The predicted octanol–water partition coefficient (Wildman–Crippen LogP) is 3.70. The number of benzene rings is 2. The first-order chi connectivity index (χ1) is 12.8. The first-order valence-corrected chi connectivity index (χ1v) is 9.20. The summed E-state index contributed by atoms with van der Waals surface area (Å²) in [6, 6.07) is 15.2. The van der Waals surface area contributed by atoms with Gasteiger partial charge in [-0.15, -0.1) is 11.3 Å². The van der Waals surface area contributed by atoms with E-state index in [1.54, 1.807) is 30.8 Å². The van der Waals surface area contributed by atoms with Gasteiger partial charge in [-0.3, -0.25) is 4.79 Å². The Labute approximate surface area is 156 Å². The highest BCUT2D eigenvalue weighted by Gasteiger charge is 2.11. The summed E-state index contributed by atoms with van der Waals surface area (Å²) in [6.45, 7) is 0.940. The van der Waals surface area contributed by atoms with Crippen molar-refractivity contribution >= 4 is 17.2 Å². The molecule has 3 aromatic rings. The molecule has 1 heterocycles. The van der Waals surface area contributed by atoms with E-state index in [0.29, 0.717) is 30.2 Å². The third kappa shape index (κ3) is 4.83. The van der Waals surface area contributed by atoms with Gasteiger partial charge in [0.25, 0.3) is 5.91 Å². The van der Waals surface area contributed by atoms with E-state index in [1.807, 2.05) is 35.7 Å². The number of carbonyl (C=O) groups is 1. The topological polar surface area (TPSA) is 60.5 Å². The number of carbonyl (C=O) groups excluding carboxylic acids is 1. The van der Waals surface area contributed by atoms with Crippen molar-refractivity contribution in [3.05, 3.63) is 76.2 Å². The summed E-state index contributed by atoms with van der Waals surface area (Å²) in [4.78, 5) is 16.5. The van der Waals surface area contributed by atoms with Crippen molar-refractivity contribution < 1.29 is 14.3 Å². The van der Waals surface area contributed by atoms with E-state index in [4.69, 9.17) is 9.47 Å². The Morgan fingerprint density at radius 1 is 1.15 bits per heavy atom. The van der Waals surface area contributed by atoms with Crippen LogP contribution in [-0.4, -0.2) is 24.5 Å². The molecule has 134 valence electrons. The van der Waals surface area contributed by atoms with Crippen LogP contribution in [-0.2, 0) is 13.0 Å². The molecule has 0 unspecified atom stereocenters. The minimum absolute atomic E-state index is 0.134. The summed E-state index contributed by atoms with van der Waals surface area (Å²) in [5.41, 5.74) is 4.35. The molecule has 0 atom stereocenters. The van der Waals surface area contributed by atoms with Gasteiger partial charge in [0, 0.05) is 17.5 Å². The predicted molar refractivity (Wildman–Crippen MR) is 102 cm³/mol. The average molecular weight is 368 g/mol. The fourth-order valence-electron chi connectivity index (χ4n) is 2.46. The van der Waals surface area contributed by atoms with Crippen LogP contribution in [0.4, 0.5) is 0 Å². The lowest BCUT2D eigenvalue weighted by atomic mass is 10.1. The number of nitrogens with one attached hydrogen (secondary N) is 1. The summed E-state index contributed by atoms with van der Waals surface area (Å²) < 4.78 is 11.1. The van der Waals surface area contributed by atoms with Gasteiger partial charge in [-0.1, -0.05) is 30.3 Å². The second kappa shape index (κ2) is 9.01. The Hall–Kier alpha value is -2.86. The molecule has 1 N–H and O–H groups in total. The van der Waals surface area contributed by atoms with Crippen molar-refractivity contribution in [3.8, 4) is 11.5 Å². The summed E-state index contributed by atoms with van der Waals surface area (Å²) in [5.74, 6) is 0.975. The molecule has 2 aromatic carbocycles. The van der Waals surface area contributed by atoms with Crippen LogP contribution in [0.1, 0.15) is 21.6 Å². The first-order valence-electron chi connectivity index (χ1n) is 8.26. The van der Waals surface area contributed by atoms with E-state index in [1.165, 1.54) is 16.9 Å². The number of rotatable bonds is 8. The normalized spacial score (nSPS) is 10.3. The molecule has 0 aliphatic rings. The van der Waals surface area contributed by atoms with Crippen molar-refractivity contribution in [2.45, 2.75) is 13.0 Å². The zero-order valence-electron chi connectivity index (χ0n) is 14.5. The molecule has 0 saturated heterocycles. The first kappa shape index (κ1) is 17.9. The summed E-state index contributed by atoms with van der Waals surface area (Å²) in [6.07, 6.45) is 0.790. The molecule has 26 heavy (non-hydrogen) atoms. The Kier molecular flexibility index (Phi) is 6.22. The highest BCUT2D eigenvalue weighted by molar-refractivity contribution is 7.07. The van der Waals surface area contributed by atoms with Gasteiger partial charge >= 0.3 is 0 Å². The van der Waals surface area contributed by atoms with Gasteiger partial charge in [-0.05, 0) is 30.2 Å². The van der Waals surface area contributed by atoms with Gasteiger partial charge in [0.1, 0.15) is 6.61 Å². The van der Waals surface area contributed by atoms with Crippen molar-refractivity contribution in [2.24, 2.45) is 0 Å². The van der Waals surface area contributed by atoms with Crippen LogP contribution in [0, 0.1) is 0 Å². The van der Waals surface area contributed by atoms with E-state index >= 15 is 0 Å². The van der Waals surface area contributed by atoms with Crippen molar-refractivity contribution in [1.29, 1.82) is 0 Å². The molecule has 5 nitrogen and oxygen atoms in total. The second-order valence-electron chi connectivity index (χ2n) is 5.63. The van der Waals surface area contributed by atoms with Crippen LogP contribution in [0.15, 0.2) is 59.4 Å². The van der Waals surface area contributed by atoms with Crippen LogP contribution in [0.2, 0.25) is 0 Å². The number of nitrogens with zero attached hydrogens (tertiary/aromatic N) is 1. The maximum atomic E-state index is 12.3. The van der Waals surface area contributed by atoms with Gasteiger partial charge in [0.15, 0.2) is 11.5 Å². The molecule has 0 fully saturated rings. The third-order valence-electron chi connectivity index (χ3n) is 3.83. The minimum Gasteiger partial charge on any atom is -0.493 e. The molecule has 0 aliphatic carbocycles. The fourth-order valence-corrected chi connectivity index (χ4v) is 3.00. The zero-order valence-corrected chi connectivity index (χ0v) is 15.3. The molecule has 0 bridgehead atoms. The summed E-state index contributed by atoms with van der Waals surface area (Å²) >= 11 is 1.52. The van der Waals surface area contributed by atoms with E-state index in [0.717, 1.165) is 12.1 Å². The van der Waals surface area contributed by atoms with Crippen LogP contribution >= 0.6 is 11.3 Å². The fraction of sp³-hybridized carbons (Fsp3) is 0.200. The van der Waals surface area contributed by atoms with Crippen molar-refractivity contribution in [3.63, 3.8) is 0 Å². The van der Waals surface area contributed by atoms with Crippen molar-refractivity contribution in [1.82, 2.24) is 10.3 Å². The van der Waals surface area contributed by atoms with Crippen LogP contribution < -0.4 is 14.8 Å². The smallest absolute Gasteiger partial charge is 0.251 e. The quantitative estimate of drug-likeness (QED) is 0.659. The molecule has 3 rings (SSSR count). The van der Waals surface area contributed by atoms with Gasteiger partial charge < -0.3 is 14.8 Å². The maximum Gasteiger partial charge on any atom is 0.251 e. The molecular formula is C20H20N2O3S. The molecule has 0 radical (unpaired) electrons. The molecule has 1 amide bonds. The number of thiazole rings is 1. The molecule has 0 saturated carbocycles. The average Bonchev–Trinajstić information content (AvgIpc) is 3.20. The summed E-state index contributed by atoms with van der Waals surface area (Å²) in [5, 5.41) is 4.86. The molecule has 0 spiro atoms. The van der Waals surface area contributed by atoms with Gasteiger partial charge in [-0.2, -0.15) is 0 Å². The SMILES string of the molecule is COc1cc(C(=O)NCCc2ccccc2)ccc1OCc1cscn1. The van der Waals surface area contributed by atoms with Gasteiger partial charge in [-0.25, -0.2) is 4.98 Å². The lowest BCUT2D eigenvalue weighted by Gasteiger charge is -2.12. The van der Waals surface area contributed by atoms with Crippen LogP contribution in [0.5, 0.6) is 11.5 Å². The lowest BCUT2D eigenvalue weighted by molar-refractivity contribution is 0.0953. The second-order valence-corrected chi connectivity index (χ2v) is 6.34. The number of methoxy groups -OCH3 is 1. The van der Waals surface area contributed by atoms with Crippen LogP contribution in [0.3, 0.4) is 0 Å². The van der Waals surface area contributed by atoms with Crippen LogP contribution in [0.25, 0.3) is 0 Å². The van der Waals surface area contributed by atoms with E-state index in [2.05, 4.69) is 10.3 Å². The number of hydrogen-bond acceptors (Lipinski definition) is 5. The summed E-state index contributed by atoms with van der Waals surface area (Å²) in [7, 11) is 1.56. The number of ether oxygens (including phenoxy) is 2. The highest BCUT2D eigenvalue weighted by Crippen LogP contribution is 2.28. The molecule has 0 aliphatic heterocycles. The Balaban J connectivity index is 1.57. The number of amides is 1. The minimum atomic E-state index is -0.134.